The lowest BCUT2D eigenvalue weighted by Crippen LogP contribution is -2.31. The summed E-state index contributed by atoms with van der Waals surface area (Å²) in [5.41, 5.74) is 6.53. The highest BCUT2D eigenvalue weighted by molar-refractivity contribution is 7.86. The number of benzene rings is 1. The molecule has 1 aromatic rings. The summed E-state index contributed by atoms with van der Waals surface area (Å²) >= 11 is 5.95. The van der Waals surface area contributed by atoms with Crippen LogP contribution in [-0.2, 0) is 20.3 Å². The number of nitrogens with two attached hydrogens (primary N) is 1. The fraction of sp³-hybridized carbons (Fsp3) is 0.417. The number of carbonyl (C=O) groups is 1. The Morgan fingerprint density at radius 3 is 2.84 bits per heavy atom. The van der Waals surface area contributed by atoms with Gasteiger partial charge in [-0.05, 0) is 25.1 Å². The van der Waals surface area contributed by atoms with E-state index in [1.165, 1.54) is 7.11 Å². The van der Waals surface area contributed by atoms with Gasteiger partial charge in [-0.15, -0.1) is 0 Å². The summed E-state index contributed by atoms with van der Waals surface area (Å²) in [5.74, 6) is -0.0262. The molecule has 0 aliphatic rings. The molecule has 0 saturated heterocycles. The van der Waals surface area contributed by atoms with Gasteiger partial charge in [0.15, 0.2) is 0 Å². The monoisotopic (exact) mass is 304 g/mol. The molecule has 0 saturated carbocycles. The molecule has 2 unspecified atom stereocenters. The molecule has 0 heterocycles. The molecular formula is C12H17ClN2O3S. The third kappa shape index (κ3) is 4.81. The van der Waals surface area contributed by atoms with E-state index in [0.29, 0.717) is 28.8 Å². The third-order valence-corrected chi connectivity index (χ3v) is 4.39. The average molecular weight is 305 g/mol. The molecule has 1 aromatic carbocycles. The van der Waals surface area contributed by atoms with Crippen molar-refractivity contribution < 1.29 is 13.7 Å². The minimum absolute atomic E-state index is 0.320. The molecule has 0 spiro atoms. The first-order valence-corrected chi connectivity index (χ1v) is 7.43. The van der Waals surface area contributed by atoms with Gasteiger partial charge in [-0.2, -0.15) is 0 Å². The summed E-state index contributed by atoms with van der Waals surface area (Å²) in [6, 6.07) is 4.79. The third-order valence-electron chi connectivity index (χ3n) is 2.50. The van der Waals surface area contributed by atoms with Crippen molar-refractivity contribution in [1.29, 1.82) is 0 Å². The number of halogens is 1. The van der Waals surface area contributed by atoms with Crippen molar-refractivity contribution in [3.05, 3.63) is 23.2 Å². The molecule has 3 N–H and O–H groups in total. The number of rotatable bonds is 6. The van der Waals surface area contributed by atoms with Gasteiger partial charge in [0, 0.05) is 29.3 Å². The zero-order valence-electron chi connectivity index (χ0n) is 10.8. The molecule has 5 nitrogen and oxygen atoms in total. The molecule has 0 aliphatic heterocycles. The van der Waals surface area contributed by atoms with Crippen molar-refractivity contribution in [1.82, 2.24) is 0 Å². The van der Waals surface area contributed by atoms with Crippen LogP contribution >= 0.6 is 11.6 Å². The lowest BCUT2D eigenvalue weighted by atomic mass is 10.2. The first-order chi connectivity index (χ1) is 8.95. The number of anilines is 2. The fourth-order valence-corrected chi connectivity index (χ4v) is 2.55. The van der Waals surface area contributed by atoms with E-state index in [0.717, 1.165) is 0 Å². The molecule has 2 atom stereocenters. The van der Waals surface area contributed by atoms with Crippen molar-refractivity contribution in [2.24, 2.45) is 0 Å². The Labute approximate surface area is 119 Å². The highest BCUT2D eigenvalue weighted by Gasteiger charge is 2.20. The maximum absolute atomic E-state index is 11.9. The number of methoxy groups -OCH3 is 1. The van der Waals surface area contributed by atoms with E-state index < -0.39 is 16.0 Å². The van der Waals surface area contributed by atoms with Crippen LogP contribution in [0.2, 0.25) is 5.02 Å². The van der Waals surface area contributed by atoms with E-state index in [1.807, 2.05) is 0 Å². The molecule has 0 bridgehead atoms. The zero-order valence-corrected chi connectivity index (χ0v) is 12.4. The molecule has 1 rings (SSSR count). The predicted octanol–water partition coefficient (Wildman–Crippen LogP) is 1.64. The molecule has 0 aromatic heterocycles. The second-order valence-electron chi connectivity index (χ2n) is 3.95. The largest absolute Gasteiger partial charge is 0.399 e. The van der Waals surface area contributed by atoms with Crippen LogP contribution < -0.4 is 11.1 Å². The van der Waals surface area contributed by atoms with Gasteiger partial charge in [0.05, 0.1) is 17.3 Å². The van der Waals surface area contributed by atoms with E-state index in [9.17, 15) is 9.00 Å². The van der Waals surface area contributed by atoms with Crippen molar-refractivity contribution >= 4 is 39.7 Å². The summed E-state index contributed by atoms with van der Waals surface area (Å²) in [6.07, 6.45) is 0. The second-order valence-corrected chi connectivity index (χ2v) is 6.23. The number of amides is 1. The van der Waals surface area contributed by atoms with Crippen molar-refractivity contribution in [3.63, 3.8) is 0 Å². The Balaban J connectivity index is 2.66. The minimum Gasteiger partial charge on any atom is -0.399 e. The number of nitrogen functional groups attached to an aromatic ring is 1. The van der Waals surface area contributed by atoms with Crippen LogP contribution in [0.15, 0.2) is 18.2 Å². The summed E-state index contributed by atoms with van der Waals surface area (Å²) in [4.78, 5) is 11.9. The van der Waals surface area contributed by atoms with Gasteiger partial charge in [-0.25, -0.2) is 0 Å². The molecule has 0 aliphatic carbocycles. The first kappa shape index (κ1) is 15.9. The fourth-order valence-electron chi connectivity index (χ4n) is 1.33. The Morgan fingerprint density at radius 2 is 2.26 bits per heavy atom. The summed E-state index contributed by atoms with van der Waals surface area (Å²) in [6.45, 7) is 1.96. The van der Waals surface area contributed by atoms with Crippen molar-refractivity contribution in [2.45, 2.75) is 12.2 Å². The van der Waals surface area contributed by atoms with Gasteiger partial charge in [-0.1, -0.05) is 11.6 Å². The molecular weight excluding hydrogens is 288 g/mol. The van der Waals surface area contributed by atoms with Crippen molar-refractivity contribution in [3.8, 4) is 0 Å². The lowest BCUT2D eigenvalue weighted by Gasteiger charge is -2.13. The van der Waals surface area contributed by atoms with E-state index in [2.05, 4.69) is 5.32 Å². The standard InChI is InChI=1S/C12H17ClN2O3S/c1-8(19(17)6-5-18-2)12(16)15-11-4-3-9(14)7-10(11)13/h3-4,7-8H,5-6,14H2,1-2H3,(H,15,16). The van der Waals surface area contributed by atoms with Crippen LogP contribution in [0.3, 0.4) is 0 Å². The smallest absolute Gasteiger partial charge is 0.239 e. The first-order valence-electron chi connectivity index (χ1n) is 5.67. The topological polar surface area (TPSA) is 81.4 Å². The Bertz CT molecular complexity index is 482. The highest BCUT2D eigenvalue weighted by Crippen LogP contribution is 2.24. The van der Waals surface area contributed by atoms with Crippen LogP contribution in [0.1, 0.15) is 6.92 Å². The lowest BCUT2D eigenvalue weighted by molar-refractivity contribution is -0.115. The molecule has 106 valence electrons. The minimum atomic E-state index is -1.28. The summed E-state index contributed by atoms with van der Waals surface area (Å²) in [5, 5.41) is 2.35. The summed E-state index contributed by atoms with van der Waals surface area (Å²) in [7, 11) is 0.240. The maximum Gasteiger partial charge on any atom is 0.239 e. The molecule has 0 radical (unpaired) electrons. The number of ether oxygens (including phenoxy) is 1. The van der Waals surface area contributed by atoms with E-state index in [1.54, 1.807) is 25.1 Å². The van der Waals surface area contributed by atoms with Gasteiger partial charge in [0.1, 0.15) is 5.25 Å². The predicted molar refractivity (Wildman–Crippen MR) is 78.8 cm³/mol. The maximum atomic E-state index is 11.9. The Hall–Kier alpha value is -1.11. The quantitative estimate of drug-likeness (QED) is 0.783. The number of nitrogens with one attached hydrogen (secondary N) is 1. The number of hydrogen-bond donors (Lipinski definition) is 2. The van der Waals surface area contributed by atoms with Crippen LogP contribution in [-0.4, -0.2) is 34.8 Å². The number of carbonyl (C=O) groups excluding carboxylic acids is 1. The molecule has 7 heteroatoms. The zero-order chi connectivity index (χ0) is 14.4. The normalized spacial score (nSPS) is 13.8. The van der Waals surface area contributed by atoms with Gasteiger partial charge >= 0.3 is 0 Å². The number of hydrogen-bond acceptors (Lipinski definition) is 4. The molecule has 1 amide bonds. The SMILES string of the molecule is COCCS(=O)C(C)C(=O)Nc1ccc(N)cc1Cl. The van der Waals surface area contributed by atoms with Crippen LogP contribution in [0.5, 0.6) is 0 Å². The van der Waals surface area contributed by atoms with Crippen molar-refractivity contribution in [2.75, 3.05) is 30.5 Å². The van der Waals surface area contributed by atoms with Crippen LogP contribution in [0.4, 0.5) is 11.4 Å². The highest BCUT2D eigenvalue weighted by atomic mass is 35.5. The van der Waals surface area contributed by atoms with Gasteiger partial charge < -0.3 is 15.8 Å². The van der Waals surface area contributed by atoms with Crippen LogP contribution in [0, 0.1) is 0 Å². The second kappa shape index (κ2) is 7.47. The average Bonchev–Trinajstić information content (AvgIpc) is 2.38. The molecule has 19 heavy (non-hydrogen) atoms. The Kier molecular flexibility index (Phi) is 6.27. The summed E-state index contributed by atoms with van der Waals surface area (Å²) < 4.78 is 16.6. The van der Waals surface area contributed by atoms with Crippen LogP contribution in [0.25, 0.3) is 0 Å². The Morgan fingerprint density at radius 1 is 1.58 bits per heavy atom. The van der Waals surface area contributed by atoms with Gasteiger partial charge in [0.25, 0.3) is 0 Å². The van der Waals surface area contributed by atoms with Gasteiger partial charge in [-0.3, -0.25) is 9.00 Å². The molecule has 0 fully saturated rings. The van der Waals surface area contributed by atoms with E-state index >= 15 is 0 Å². The van der Waals surface area contributed by atoms with Gasteiger partial charge in [0.2, 0.25) is 5.91 Å². The van der Waals surface area contributed by atoms with E-state index in [-0.39, 0.29) is 5.91 Å². The van der Waals surface area contributed by atoms with E-state index in [4.69, 9.17) is 22.1 Å².